The maximum atomic E-state index is 12.4. The van der Waals surface area contributed by atoms with Gasteiger partial charge in [-0.1, -0.05) is 0 Å². The van der Waals surface area contributed by atoms with E-state index >= 15 is 0 Å². The SMILES string of the molecule is Cc1ncc(N)cc1C(=O)N1CCNC(=O)C1C. The first-order valence-corrected chi connectivity index (χ1v) is 5.81. The van der Waals surface area contributed by atoms with Gasteiger partial charge in [0, 0.05) is 13.1 Å². The van der Waals surface area contributed by atoms with Crippen LogP contribution in [0.2, 0.25) is 0 Å². The molecule has 6 nitrogen and oxygen atoms in total. The average Bonchev–Trinajstić information content (AvgIpc) is 2.35. The molecule has 0 radical (unpaired) electrons. The number of carbonyl (C=O) groups is 2. The van der Waals surface area contributed by atoms with Gasteiger partial charge in [0.2, 0.25) is 5.91 Å². The molecule has 96 valence electrons. The molecular formula is C12H16N4O2. The summed E-state index contributed by atoms with van der Waals surface area (Å²) < 4.78 is 0. The van der Waals surface area contributed by atoms with Crippen molar-refractivity contribution in [1.82, 2.24) is 15.2 Å². The molecule has 2 heterocycles. The molecule has 0 bridgehead atoms. The van der Waals surface area contributed by atoms with E-state index in [1.54, 1.807) is 24.8 Å². The second kappa shape index (κ2) is 4.64. The molecule has 1 saturated heterocycles. The van der Waals surface area contributed by atoms with E-state index in [1.165, 1.54) is 6.20 Å². The zero-order chi connectivity index (χ0) is 13.3. The monoisotopic (exact) mass is 248 g/mol. The Bertz CT molecular complexity index is 501. The molecule has 18 heavy (non-hydrogen) atoms. The topological polar surface area (TPSA) is 88.3 Å². The summed E-state index contributed by atoms with van der Waals surface area (Å²) in [6.45, 7) is 4.44. The first-order valence-electron chi connectivity index (χ1n) is 5.81. The van der Waals surface area contributed by atoms with Crippen molar-refractivity contribution in [3.8, 4) is 0 Å². The molecule has 1 unspecified atom stereocenters. The number of hydrogen-bond donors (Lipinski definition) is 2. The highest BCUT2D eigenvalue weighted by molar-refractivity contribution is 5.99. The van der Waals surface area contributed by atoms with Crippen molar-refractivity contribution in [2.24, 2.45) is 0 Å². The number of nitrogens with two attached hydrogens (primary N) is 1. The molecule has 6 heteroatoms. The van der Waals surface area contributed by atoms with Crippen LogP contribution in [0.4, 0.5) is 5.69 Å². The lowest BCUT2D eigenvalue weighted by Crippen LogP contribution is -2.55. The van der Waals surface area contributed by atoms with Gasteiger partial charge in [0.15, 0.2) is 0 Å². The van der Waals surface area contributed by atoms with Crippen molar-refractivity contribution in [3.63, 3.8) is 0 Å². The maximum Gasteiger partial charge on any atom is 0.256 e. The fourth-order valence-corrected chi connectivity index (χ4v) is 1.98. The Labute approximate surface area is 105 Å². The third-order valence-corrected chi connectivity index (χ3v) is 3.10. The van der Waals surface area contributed by atoms with Gasteiger partial charge in [-0.2, -0.15) is 0 Å². The van der Waals surface area contributed by atoms with Crippen LogP contribution in [-0.4, -0.2) is 40.8 Å². The molecule has 0 saturated carbocycles. The van der Waals surface area contributed by atoms with Crippen molar-refractivity contribution in [1.29, 1.82) is 0 Å². The molecule has 1 aliphatic rings. The summed E-state index contributed by atoms with van der Waals surface area (Å²) in [5.41, 5.74) is 7.16. The smallest absolute Gasteiger partial charge is 0.256 e. The molecule has 0 aromatic carbocycles. The summed E-state index contributed by atoms with van der Waals surface area (Å²) in [6.07, 6.45) is 1.51. The van der Waals surface area contributed by atoms with Crippen LogP contribution in [0.15, 0.2) is 12.3 Å². The van der Waals surface area contributed by atoms with Gasteiger partial charge in [-0.15, -0.1) is 0 Å². The van der Waals surface area contributed by atoms with Crippen molar-refractivity contribution < 1.29 is 9.59 Å². The minimum Gasteiger partial charge on any atom is -0.397 e. The molecule has 1 aliphatic heterocycles. The maximum absolute atomic E-state index is 12.4. The molecule has 2 amide bonds. The Kier molecular flexibility index (Phi) is 3.18. The average molecular weight is 248 g/mol. The third-order valence-electron chi connectivity index (χ3n) is 3.10. The lowest BCUT2D eigenvalue weighted by atomic mass is 10.1. The van der Waals surface area contributed by atoms with Crippen molar-refractivity contribution >= 4 is 17.5 Å². The van der Waals surface area contributed by atoms with Gasteiger partial charge in [0.05, 0.1) is 23.1 Å². The van der Waals surface area contributed by atoms with Crippen LogP contribution in [0.3, 0.4) is 0 Å². The predicted molar refractivity (Wildman–Crippen MR) is 66.9 cm³/mol. The highest BCUT2D eigenvalue weighted by atomic mass is 16.2. The van der Waals surface area contributed by atoms with Crippen molar-refractivity contribution in [2.75, 3.05) is 18.8 Å². The summed E-state index contributed by atoms with van der Waals surface area (Å²) in [6, 6.07) is 1.14. The van der Waals surface area contributed by atoms with Crippen LogP contribution < -0.4 is 11.1 Å². The summed E-state index contributed by atoms with van der Waals surface area (Å²) in [7, 11) is 0. The van der Waals surface area contributed by atoms with Crippen LogP contribution in [-0.2, 0) is 4.79 Å². The molecular weight excluding hydrogens is 232 g/mol. The fourth-order valence-electron chi connectivity index (χ4n) is 1.98. The number of nitrogens with zero attached hydrogens (tertiary/aromatic N) is 2. The highest BCUT2D eigenvalue weighted by Crippen LogP contribution is 2.15. The van der Waals surface area contributed by atoms with Gasteiger partial charge < -0.3 is 16.0 Å². The number of nitrogen functional groups attached to an aromatic ring is 1. The quantitative estimate of drug-likeness (QED) is 0.728. The van der Waals surface area contributed by atoms with Gasteiger partial charge in [0.1, 0.15) is 6.04 Å². The van der Waals surface area contributed by atoms with Gasteiger partial charge >= 0.3 is 0 Å². The third kappa shape index (κ3) is 2.13. The Morgan fingerprint density at radius 2 is 2.33 bits per heavy atom. The Morgan fingerprint density at radius 1 is 1.61 bits per heavy atom. The largest absolute Gasteiger partial charge is 0.397 e. The number of aromatic nitrogens is 1. The number of rotatable bonds is 1. The zero-order valence-electron chi connectivity index (χ0n) is 10.4. The van der Waals surface area contributed by atoms with Crippen molar-refractivity contribution in [2.45, 2.75) is 19.9 Å². The van der Waals surface area contributed by atoms with Crippen LogP contribution in [0, 0.1) is 6.92 Å². The van der Waals surface area contributed by atoms with E-state index in [0.29, 0.717) is 30.0 Å². The van der Waals surface area contributed by atoms with Crippen molar-refractivity contribution in [3.05, 3.63) is 23.5 Å². The number of amides is 2. The fraction of sp³-hybridized carbons (Fsp3) is 0.417. The first-order chi connectivity index (χ1) is 8.50. The predicted octanol–water partition coefficient (Wildman–Crippen LogP) is -0.0673. The van der Waals surface area contributed by atoms with Crippen LogP contribution >= 0.6 is 0 Å². The van der Waals surface area contributed by atoms with Gasteiger partial charge in [-0.05, 0) is 19.9 Å². The van der Waals surface area contributed by atoms with E-state index in [2.05, 4.69) is 10.3 Å². The molecule has 1 aromatic rings. The number of pyridine rings is 1. The summed E-state index contributed by atoms with van der Waals surface area (Å²) in [5, 5.41) is 2.72. The number of aryl methyl sites for hydroxylation is 1. The Morgan fingerprint density at radius 3 is 3.06 bits per heavy atom. The van der Waals surface area contributed by atoms with Gasteiger partial charge in [0.25, 0.3) is 5.91 Å². The Balaban J connectivity index is 2.30. The van der Waals surface area contributed by atoms with E-state index < -0.39 is 6.04 Å². The molecule has 2 rings (SSSR count). The normalized spacial score (nSPS) is 19.6. The van der Waals surface area contributed by atoms with E-state index in [-0.39, 0.29) is 11.8 Å². The number of hydrogen-bond acceptors (Lipinski definition) is 4. The zero-order valence-corrected chi connectivity index (χ0v) is 10.4. The minimum atomic E-state index is -0.466. The minimum absolute atomic E-state index is 0.135. The Hall–Kier alpha value is -2.11. The molecule has 1 aromatic heterocycles. The van der Waals surface area contributed by atoms with Crippen LogP contribution in [0.5, 0.6) is 0 Å². The molecule has 0 aliphatic carbocycles. The second-order valence-corrected chi connectivity index (χ2v) is 4.37. The van der Waals surface area contributed by atoms with E-state index in [1.807, 2.05) is 0 Å². The van der Waals surface area contributed by atoms with Crippen LogP contribution in [0.25, 0.3) is 0 Å². The summed E-state index contributed by atoms with van der Waals surface area (Å²) >= 11 is 0. The molecule has 3 N–H and O–H groups in total. The number of nitrogens with one attached hydrogen (secondary N) is 1. The highest BCUT2D eigenvalue weighted by Gasteiger charge is 2.30. The standard InChI is InChI=1S/C12H16N4O2/c1-7-10(5-9(13)6-15-7)12(18)16-4-3-14-11(17)8(16)2/h5-6,8H,3-4,13H2,1-2H3,(H,14,17). The number of anilines is 1. The van der Waals surface area contributed by atoms with E-state index in [0.717, 1.165) is 0 Å². The van der Waals surface area contributed by atoms with Gasteiger partial charge in [-0.25, -0.2) is 0 Å². The van der Waals surface area contributed by atoms with Crippen LogP contribution in [0.1, 0.15) is 23.0 Å². The summed E-state index contributed by atoms with van der Waals surface area (Å²) in [4.78, 5) is 29.5. The molecule has 0 spiro atoms. The summed E-state index contributed by atoms with van der Waals surface area (Å²) in [5.74, 6) is -0.334. The lowest BCUT2D eigenvalue weighted by Gasteiger charge is -2.33. The van der Waals surface area contributed by atoms with E-state index in [9.17, 15) is 9.59 Å². The molecule has 1 atom stereocenters. The first kappa shape index (κ1) is 12.3. The van der Waals surface area contributed by atoms with Gasteiger partial charge in [-0.3, -0.25) is 14.6 Å². The second-order valence-electron chi connectivity index (χ2n) is 4.37. The molecule has 1 fully saturated rings. The number of piperazine rings is 1. The number of carbonyl (C=O) groups excluding carboxylic acids is 2. The lowest BCUT2D eigenvalue weighted by molar-refractivity contribution is -0.127. The van der Waals surface area contributed by atoms with E-state index in [4.69, 9.17) is 5.73 Å².